The van der Waals surface area contributed by atoms with E-state index in [1.807, 2.05) is 63.2 Å². The molecule has 0 saturated heterocycles. The molecule has 30 heavy (non-hydrogen) atoms. The van der Waals surface area contributed by atoms with Crippen LogP contribution in [0.25, 0.3) is 17.1 Å². The smallest absolute Gasteiger partial charge is 0.295 e. The lowest BCUT2D eigenvalue weighted by molar-refractivity contribution is 0.101. The van der Waals surface area contributed by atoms with Gasteiger partial charge in [-0.1, -0.05) is 30.3 Å². The standard InChI is InChI=1S/C24H21FN4O/c1-15-6-4-9-20(14-15)29-23(18-10-12-19(25)13-11-18)27-22(28-29)24(30)26-21-16(2)7-5-8-17(21)3/h4-14H,1-3H3,(H,26,30). The number of nitrogens with one attached hydrogen (secondary N) is 1. The average molecular weight is 400 g/mol. The first kappa shape index (κ1) is 19.5. The molecule has 0 fully saturated rings. The van der Waals surface area contributed by atoms with E-state index in [-0.39, 0.29) is 11.6 Å². The summed E-state index contributed by atoms with van der Waals surface area (Å²) in [4.78, 5) is 17.4. The van der Waals surface area contributed by atoms with Crippen LogP contribution in [0.2, 0.25) is 0 Å². The molecule has 150 valence electrons. The molecule has 1 heterocycles. The lowest BCUT2D eigenvalue weighted by atomic mass is 10.1. The topological polar surface area (TPSA) is 59.8 Å². The van der Waals surface area contributed by atoms with Crippen molar-refractivity contribution in [2.45, 2.75) is 20.8 Å². The van der Waals surface area contributed by atoms with Crippen molar-refractivity contribution < 1.29 is 9.18 Å². The third kappa shape index (κ3) is 3.85. The lowest BCUT2D eigenvalue weighted by Gasteiger charge is -2.09. The van der Waals surface area contributed by atoms with E-state index in [9.17, 15) is 9.18 Å². The first-order valence-corrected chi connectivity index (χ1v) is 9.60. The molecule has 0 spiro atoms. The molecule has 0 saturated carbocycles. The molecule has 0 aliphatic rings. The predicted molar refractivity (Wildman–Crippen MR) is 115 cm³/mol. The Kier molecular flexibility index (Phi) is 5.14. The molecule has 0 aliphatic heterocycles. The van der Waals surface area contributed by atoms with E-state index < -0.39 is 5.91 Å². The zero-order valence-corrected chi connectivity index (χ0v) is 17.0. The molecule has 5 nitrogen and oxygen atoms in total. The summed E-state index contributed by atoms with van der Waals surface area (Å²) in [5.74, 6) is -0.235. The van der Waals surface area contributed by atoms with Gasteiger partial charge in [0.2, 0.25) is 5.82 Å². The number of halogens is 1. The van der Waals surface area contributed by atoms with Crippen LogP contribution in [0.3, 0.4) is 0 Å². The second kappa shape index (κ2) is 7.91. The van der Waals surface area contributed by atoms with Gasteiger partial charge in [0.15, 0.2) is 5.82 Å². The highest BCUT2D eigenvalue weighted by molar-refractivity contribution is 6.02. The molecule has 0 unspecified atom stereocenters. The van der Waals surface area contributed by atoms with E-state index in [0.717, 1.165) is 28.1 Å². The maximum Gasteiger partial charge on any atom is 0.295 e. The molecule has 4 rings (SSSR count). The van der Waals surface area contributed by atoms with Gasteiger partial charge in [0, 0.05) is 11.3 Å². The van der Waals surface area contributed by atoms with Crippen LogP contribution in [-0.4, -0.2) is 20.7 Å². The van der Waals surface area contributed by atoms with Gasteiger partial charge in [-0.2, -0.15) is 0 Å². The van der Waals surface area contributed by atoms with Gasteiger partial charge >= 0.3 is 0 Å². The third-order valence-corrected chi connectivity index (χ3v) is 4.88. The summed E-state index contributed by atoms with van der Waals surface area (Å²) < 4.78 is 15.0. The van der Waals surface area contributed by atoms with Gasteiger partial charge < -0.3 is 5.32 Å². The minimum Gasteiger partial charge on any atom is -0.319 e. The van der Waals surface area contributed by atoms with Gasteiger partial charge in [0.1, 0.15) is 5.82 Å². The fourth-order valence-corrected chi connectivity index (χ4v) is 3.31. The molecule has 4 aromatic rings. The molecule has 1 amide bonds. The normalized spacial score (nSPS) is 10.8. The van der Waals surface area contributed by atoms with E-state index in [0.29, 0.717) is 11.4 Å². The number of aryl methyl sites for hydroxylation is 3. The maximum absolute atomic E-state index is 13.4. The fraction of sp³-hybridized carbons (Fsp3) is 0.125. The average Bonchev–Trinajstić information content (AvgIpc) is 3.17. The lowest BCUT2D eigenvalue weighted by Crippen LogP contribution is -2.16. The SMILES string of the molecule is Cc1cccc(-n2nc(C(=O)Nc3c(C)cccc3C)nc2-c2ccc(F)cc2)c1. The summed E-state index contributed by atoms with van der Waals surface area (Å²) in [5.41, 5.74) is 5.15. The van der Waals surface area contributed by atoms with Crippen LogP contribution in [0.1, 0.15) is 27.3 Å². The van der Waals surface area contributed by atoms with Crippen LogP contribution in [-0.2, 0) is 0 Å². The Hall–Kier alpha value is -3.80. The number of anilines is 1. The molecule has 0 aliphatic carbocycles. The molecule has 3 aromatic carbocycles. The highest BCUT2D eigenvalue weighted by Crippen LogP contribution is 2.24. The number of hydrogen-bond donors (Lipinski definition) is 1. The maximum atomic E-state index is 13.4. The van der Waals surface area contributed by atoms with Crippen LogP contribution < -0.4 is 5.32 Å². The van der Waals surface area contributed by atoms with Gasteiger partial charge in [-0.25, -0.2) is 14.1 Å². The predicted octanol–water partition coefficient (Wildman–Crippen LogP) is 5.25. The van der Waals surface area contributed by atoms with Gasteiger partial charge in [-0.05, 0) is 73.9 Å². The van der Waals surface area contributed by atoms with Crippen molar-refractivity contribution in [2.75, 3.05) is 5.32 Å². The van der Waals surface area contributed by atoms with Crippen LogP contribution in [0.4, 0.5) is 10.1 Å². The monoisotopic (exact) mass is 400 g/mol. The highest BCUT2D eigenvalue weighted by atomic mass is 19.1. The summed E-state index contributed by atoms with van der Waals surface area (Å²) in [5, 5.41) is 7.40. The second-order valence-electron chi connectivity index (χ2n) is 7.24. The van der Waals surface area contributed by atoms with Crippen molar-refractivity contribution in [3.63, 3.8) is 0 Å². The molecule has 1 aromatic heterocycles. The summed E-state index contributed by atoms with van der Waals surface area (Å²) in [6, 6.07) is 19.5. The van der Waals surface area contributed by atoms with Crippen molar-refractivity contribution in [3.8, 4) is 17.1 Å². The first-order chi connectivity index (χ1) is 14.4. The van der Waals surface area contributed by atoms with E-state index >= 15 is 0 Å². The van der Waals surface area contributed by atoms with Gasteiger partial charge in [0.25, 0.3) is 5.91 Å². The third-order valence-electron chi connectivity index (χ3n) is 4.88. The summed E-state index contributed by atoms with van der Waals surface area (Å²) in [7, 11) is 0. The van der Waals surface area contributed by atoms with Crippen LogP contribution >= 0.6 is 0 Å². The Morgan fingerprint density at radius 1 is 0.933 bits per heavy atom. The Balaban J connectivity index is 1.78. The molecule has 0 radical (unpaired) electrons. The van der Waals surface area contributed by atoms with Crippen molar-refractivity contribution in [1.29, 1.82) is 0 Å². The Bertz CT molecular complexity index is 1210. The highest BCUT2D eigenvalue weighted by Gasteiger charge is 2.20. The molecule has 1 N–H and O–H groups in total. The van der Waals surface area contributed by atoms with E-state index in [1.54, 1.807) is 16.8 Å². The van der Waals surface area contributed by atoms with Crippen LogP contribution in [0.15, 0.2) is 66.7 Å². The molecular formula is C24H21FN4O. The fourth-order valence-electron chi connectivity index (χ4n) is 3.31. The van der Waals surface area contributed by atoms with E-state index in [4.69, 9.17) is 0 Å². The minimum atomic E-state index is -0.401. The Morgan fingerprint density at radius 3 is 2.27 bits per heavy atom. The van der Waals surface area contributed by atoms with Crippen molar-refractivity contribution >= 4 is 11.6 Å². The number of aromatic nitrogens is 3. The number of amides is 1. The van der Waals surface area contributed by atoms with Crippen LogP contribution in [0.5, 0.6) is 0 Å². The number of hydrogen-bond acceptors (Lipinski definition) is 3. The number of rotatable bonds is 4. The van der Waals surface area contributed by atoms with Crippen molar-refractivity contribution in [3.05, 3.63) is 95.1 Å². The Morgan fingerprint density at radius 2 is 1.60 bits per heavy atom. The van der Waals surface area contributed by atoms with E-state index in [2.05, 4.69) is 15.4 Å². The molecular weight excluding hydrogens is 379 g/mol. The zero-order valence-electron chi connectivity index (χ0n) is 17.0. The zero-order chi connectivity index (χ0) is 21.3. The van der Waals surface area contributed by atoms with Gasteiger partial charge in [-0.3, -0.25) is 4.79 Å². The van der Waals surface area contributed by atoms with Crippen LogP contribution in [0, 0.1) is 26.6 Å². The first-order valence-electron chi connectivity index (χ1n) is 9.60. The van der Waals surface area contributed by atoms with Gasteiger partial charge in [0.05, 0.1) is 5.69 Å². The second-order valence-corrected chi connectivity index (χ2v) is 7.24. The minimum absolute atomic E-state index is 0.0403. The van der Waals surface area contributed by atoms with E-state index in [1.165, 1.54) is 12.1 Å². The summed E-state index contributed by atoms with van der Waals surface area (Å²) in [6.07, 6.45) is 0. The van der Waals surface area contributed by atoms with Gasteiger partial charge in [-0.15, -0.1) is 5.10 Å². The van der Waals surface area contributed by atoms with Crippen molar-refractivity contribution in [2.24, 2.45) is 0 Å². The molecule has 0 bridgehead atoms. The van der Waals surface area contributed by atoms with Crippen molar-refractivity contribution in [1.82, 2.24) is 14.8 Å². The Labute approximate surface area is 174 Å². The number of nitrogens with zero attached hydrogens (tertiary/aromatic N) is 3. The largest absolute Gasteiger partial charge is 0.319 e. The number of carbonyl (C=O) groups excluding carboxylic acids is 1. The molecule has 6 heteroatoms. The number of para-hydroxylation sites is 1. The summed E-state index contributed by atoms with van der Waals surface area (Å²) >= 11 is 0. The molecule has 0 atom stereocenters. The quantitative estimate of drug-likeness (QED) is 0.509. The summed E-state index contributed by atoms with van der Waals surface area (Å²) in [6.45, 7) is 5.85. The number of benzene rings is 3. The number of carbonyl (C=O) groups is 1.